The van der Waals surface area contributed by atoms with Crippen molar-refractivity contribution in [3.8, 4) is 11.1 Å². The Morgan fingerprint density at radius 3 is 2.30 bits per heavy atom. The summed E-state index contributed by atoms with van der Waals surface area (Å²) in [6.07, 6.45) is 0. The summed E-state index contributed by atoms with van der Waals surface area (Å²) in [6, 6.07) is 7.41. The van der Waals surface area contributed by atoms with Gasteiger partial charge >= 0.3 is 0 Å². The fourth-order valence-corrected chi connectivity index (χ4v) is 2.51. The molecule has 0 spiro atoms. The molecule has 0 amide bonds. The van der Waals surface area contributed by atoms with Crippen molar-refractivity contribution >= 4 is 34.0 Å². The van der Waals surface area contributed by atoms with Gasteiger partial charge in [-0.3, -0.25) is 20.2 Å². The van der Waals surface area contributed by atoms with Gasteiger partial charge in [-0.2, -0.15) is 0 Å². The van der Waals surface area contributed by atoms with Crippen LogP contribution < -0.4 is 0 Å². The van der Waals surface area contributed by atoms with Gasteiger partial charge in [0.25, 0.3) is 11.4 Å². The Morgan fingerprint density at radius 1 is 1.05 bits per heavy atom. The molecule has 2 aromatic rings. The predicted molar refractivity (Wildman–Crippen MR) is 77.9 cm³/mol. The summed E-state index contributed by atoms with van der Waals surface area (Å²) in [5.74, 6) is -0.617. The second-order valence-corrected chi connectivity index (χ2v) is 4.97. The first-order valence-corrected chi connectivity index (χ1v) is 6.37. The van der Waals surface area contributed by atoms with Gasteiger partial charge < -0.3 is 0 Å². The zero-order chi connectivity index (χ0) is 14.9. The maximum absolute atomic E-state index is 13.9. The van der Waals surface area contributed by atoms with Crippen molar-refractivity contribution in [1.82, 2.24) is 0 Å². The zero-order valence-corrected chi connectivity index (χ0v) is 11.9. The van der Waals surface area contributed by atoms with E-state index in [1.807, 2.05) is 22.6 Å². The van der Waals surface area contributed by atoms with Crippen LogP contribution in [-0.4, -0.2) is 9.85 Å². The third-order valence-corrected chi connectivity index (χ3v) is 3.52. The molecule has 2 rings (SSSR count). The summed E-state index contributed by atoms with van der Waals surface area (Å²) in [5, 5.41) is 21.7. The average Bonchev–Trinajstić information content (AvgIpc) is 2.38. The van der Waals surface area contributed by atoms with Crippen LogP contribution in [0.5, 0.6) is 0 Å². The molecule has 2 aromatic carbocycles. The minimum Gasteiger partial charge on any atom is -0.258 e. The first kappa shape index (κ1) is 14.3. The summed E-state index contributed by atoms with van der Waals surface area (Å²) in [6.45, 7) is 0. The molecule has 0 fully saturated rings. The van der Waals surface area contributed by atoms with Gasteiger partial charge in [0, 0.05) is 15.2 Å². The molecule has 0 heterocycles. The molecule has 20 heavy (non-hydrogen) atoms. The zero-order valence-electron chi connectivity index (χ0n) is 9.75. The number of nitro groups is 2. The molecule has 0 unspecified atom stereocenters. The Hall–Kier alpha value is -2.10. The van der Waals surface area contributed by atoms with Crippen LogP contribution in [-0.2, 0) is 0 Å². The van der Waals surface area contributed by atoms with Crippen molar-refractivity contribution in [2.75, 3.05) is 0 Å². The Bertz CT molecular complexity index is 700. The van der Waals surface area contributed by atoms with E-state index in [-0.39, 0.29) is 11.1 Å². The minimum absolute atomic E-state index is 0.0168. The molecule has 8 heteroatoms. The lowest BCUT2D eigenvalue weighted by atomic mass is 10.0. The first-order valence-electron chi connectivity index (χ1n) is 5.29. The summed E-state index contributed by atoms with van der Waals surface area (Å²) in [4.78, 5) is 20.2. The Kier molecular flexibility index (Phi) is 3.93. The Balaban J connectivity index is 2.74. The molecular weight excluding hydrogens is 382 g/mol. The minimum atomic E-state index is -0.759. The lowest BCUT2D eigenvalue weighted by Crippen LogP contribution is -1.97. The van der Waals surface area contributed by atoms with Crippen LogP contribution in [0.3, 0.4) is 0 Å². The maximum atomic E-state index is 13.9. The number of hydrogen-bond acceptors (Lipinski definition) is 4. The van der Waals surface area contributed by atoms with Gasteiger partial charge in [-0.25, -0.2) is 4.39 Å². The number of nitro benzene ring substituents is 2. The average molecular weight is 388 g/mol. The van der Waals surface area contributed by atoms with Gasteiger partial charge in [0.1, 0.15) is 5.82 Å². The molecule has 0 aliphatic rings. The summed E-state index contributed by atoms with van der Waals surface area (Å²) < 4.78 is 14.4. The van der Waals surface area contributed by atoms with Crippen LogP contribution in [0.15, 0.2) is 36.4 Å². The van der Waals surface area contributed by atoms with E-state index in [0.717, 1.165) is 12.1 Å². The highest BCUT2D eigenvalue weighted by atomic mass is 127. The second kappa shape index (κ2) is 5.49. The first-order chi connectivity index (χ1) is 9.41. The van der Waals surface area contributed by atoms with Crippen molar-refractivity contribution in [3.05, 3.63) is 66.0 Å². The van der Waals surface area contributed by atoms with E-state index in [2.05, 4.69) is 0 Å². The van der Waals surface area contributed by atoms with Crippen LogP contribution in [0, 0.1) is 29.6 Å². The van der Waals surface area contributed by atoms with E-state index in [9.17, 15) is 24.6 Å². The van der Waals surface area contributed by atoms with Crippen molar-refractivity contribution in [3.63, 3.8) is 0 Å². The maximum Gasteiger partial charge on any atom is 0.284 e. The van der Waals surface area contributed by atoms with Gasteiger partial charge in [-0.1, -0.05) is 6.07 Å². The van der Waals surface area contributed by atoms with Gasteiger partial charge in [-0.15, -0.1) is 0 Å². The van der Waals surface area contributed by atoms with E-state index in [0.29, 0.717) is 3.57 Å². The van der Waals surface area contributed by atoms with Crippen LogP contribution in [0.2, 0.25) is 0 Å². The van der Waals surface area contributed by atoms with Crippen molar-refractivity contribution in [2.45, 2.75) is 0 Å². The number of hydrogen-bond donors (Lipinski definition) is 0. The topological polar surface area (TPSA) is 86.3 Å². The third kappa shape index (κ3) is 2.59. The van der Waals surface area contributed by atoms with Crippen LogP contribution >= 0.6 is 22.6 Å². The Labute approximate surface area is 125 Å². The van der Waals surface area contributed by atoms with E-state index < -0.39 is 27.0 Å². The largest absolute Gasteiger partial charge is 0.284 e. The molecule has 102 valence electrons. The second-order valence-electron chi connectivity index (χ2n) is 3.81. The van der Waals surface area contributed by atoms with Crippen molar-refractivity contribution in [1.29, 1.82) is 0 Å². The number of rotatable bonds is 3. The van der Waals surface area contributed by atoms with E-state index in [1.165, 1.54) is 18.2 Å². The van der Waals surface area contributed by atoms with Crippen molar-refractivity contribution < 1.29 is 14.2 Å². The molecule has 0 atom stereocenters. The smallest absolute Gasteiger partial charge is 0.258 e. The molecule has 0 aromatic heterocycles. The molecular formula is C12H6FIN2O4. The van der Waals surface area contributed by atoms with Crippen LogP contribution in [0.1, 0.15) is 0 Å². The Morgan fingerprint density at radius 2 is 1.75 bits per heavy atom. The third-order valence-electron chi connectivity index (χ3n) is 2.62. The highest BCUT2D eigenvalue weighted by Crippen LogP contribution is 2.36. The number of non-ortho nitro benzene ring substituents is 1. The van der Waals surface area contributed by atoms with E-state index in [4.69, 9.17) is 0 Å². The van der Waals surface area contributed by atoms with Gasteiger partial charge in [-0.05, 0) is 40.8 Å². The normalized spacial score (nSPS) is 10.3. The molecule has 0 saturated carbocycles. The summed E-state index contributed by atoms with van der Waals surface area (Å²) >= 11 is 1.86. The number of halogens is 2. The van der Waals surface area contributed by atoms with Crippen LogP contribution in [0.4, 0.5) is 15.8 Å². The fourth-order valence-electron chi connectivity index (χ4n) is 1.75. The summed E-state index contributed by atoms with van der Waals surface area (Å²) in [5.41, 5.74) is -0.827. The standard InChI is InChI=1S/C12H6FIN2O4/c13-9-2-1-3-10(14)12(9)8-5-4-7(15(17)18)6-11(8)16(19)20/h1-6H. The SMILES string of the molecule is O=[N+]([O-])c1ccc(-c2c(F)cccc2I)c([N+](=O)[O-])c1. The number of nitrogens with zero attached hydrogens (tertiary/aromatic N) is 2. The van der Waals surface area contributed by atoms with E-state index >= 15 is 0 Å². The predicted octanol–water partition coefficient (Wildman–Crippen LogP) is 3.91. The van der Waals surface area contributed by atoms with Gasteiger partial charge in [0.05, 0.1) is 21.5 Å². The van der Waals surface area contributed by atoms with Gasteiger partial charge in [0.15, 0.2) is 0 Å². The van der Waals surface area contributed by atoms with Crippen LogP contribution in [0.25, 0.3) is 11.1 Å². The molecule has 0 radical (unpaired) electrons. The lowest BCUT2D eigenvalue weighted by Gasteiger charge is -2.07. The molecule has 0 bridgehead atoms. The molecule has 0 aliphatic heterocycles. The van der Waals surface area contributed by atoms with Crippen molar-refractivity contribution in [2.24, 2.45) is 0 Å². The number of benzene rings is 2. The van der Waals surface area contributed by atoms with E-state index in [1.54, 1.807) is 6.07 Å². The molecule has 0 saturated heterocycles. The molecule has 0 N–H and O–H groups in total. The monoisotopic (exact) mass is 388 g/mol. The summed E-state index contributed by atoms with van der Waals surface area (Å²) in [7, 11) is 0. The highest BCUT2D eigenvalue weighted by Gasteiger charge is 2.23. The fraction of sp³-hybridized carbons (Fsp3) is 0. The lowest BCUT2D eigenvalue weighted by molar-refractivity contribution is -0.393. The quantitative estimate of drug-likeness (QED) is 0.453. The van der Waals surface area contributed by atoms with Gasteiger partial charge in [0.2, 0.25) is 0 Å². The molecule has 0 aliphatic carbocycles. The highest BCUT2D eigenvalue weighted by molar-refractivity contribution is 14.1. The molecule has 6 nitrogen and oxygen atoms in total.